The summed E-state index contributed by atoms with van der Waals surface area (Å²) in [5.74, 6) is -0.133. The van der Waals surface area contributed by atoms with Crippen molar-refractivity contribution in [2.75, 3.05) is 12.4 Å². The molecule has 0 aliphatic carbocycles. The lowest BCUT2D eigenvalue weighted by Crippen LogP contribution is -2.14. The summed E-state index contributed by atoms with van der Waals surface area (Å²) < 4.78 is 6.08. The molecule has 0 fully saturated rings. The molecule has 1 aromatic carbocycles. The first kappa shape index (κ1) is 21.0. The molecule has 1 aromatic rings. The fourth-order valence-electron chi connectivity index (χ4n) is 2.20. The minimum absolute atomic E-state index is 0.189. The fourth-order valence-corrected chi connectivity index (χ4v) is 3.77. The normalized spacial score (nSPS) is 12.0. The van der Waals surface area contributed by atoms with Crippen molar-refractivity contribution >= 4 is 39.6 Å². The SMILES string of the molecule is CCCCC(CC)COC(=O)CCSc1cc(Br)cc(C(=O)O)c1. The fraction of sp³-hybridized carbons (Fsp3) is 0.556. The van der Waals surface area contributed by atoms with Crippen LogP contribution in [0.25, 0.3) is 0 Å². The average Bonchev–Trinajstić information content (AvgIpc) is 2.54. The van der Waals surface area contributed by atoms with Gasteiger partial charge in [0.2, 0.25) is 0 Å². The van der Waals surface area contributed by atoms with E-state index < -0.39 is 5.97 Å². The zero-order valence-corrected chi connectivity index (χ0v) is 16.6. The van der Waals surface area contributed by atoms with Gasteiger partial charge in [-0.05, 0) is 30.5 Å². The molecule has 1 rings (SSSR count). The Hall–Kier alpha value is -1.01. The van der Waals surface area contributed by atoms with Crippen molar-refractivity contribution in [3.8, 4) is 0 Å². The van der Waals surface area contributed by atoms with Crippen LogP contribution in [0.5, 0.6) is 0 Å². The molecule has 0 radical (unpaired) electrons. The number of rotatable bonds is 11. The summed E-state index contributed by atoms with van der Waals surface area (Å²) >= 11 is 4.76. The largest absolute Gasteiger partial charge is 0.478 e. The maximum Gasteiger partial charge on any atom is 0.335 e. The molecule has 0 aliphatic heterocycles. The van der Waals surface area contributed by atoms with Crippen LogP contribution >= 0.6 is 27.7 Å². The van der Waals surface area contributed by atoms with Gasteiger partial charge in [0.15, 0.2) is 0 Å². The predicted molar refractivity (Wildman–Crippen MR) is 101 cm³/mol. The third-order valence-corrected chi connectivity index (χ3v) is 5.15. The van der Waals surface area contributed by atoms with Gasteiger partial charge in [0, 0.05) is 15.1 Å². The molecule has 0 aromatic heterocycles. The van der Waals surface area contributed by atoms with E-state index >= 15 is 0 Å². The zero-order valence-electron chi connectivity index (χ0n) is 14.2. The van der Waals surface area contributed by atoms with Gasteiger partial charge in [0.05, 0.1) is 18.6 Å². The van der Waals surface area contributed by atoms with Gasteiger partial charge in [-0.3, -0.25) is 4.79 Å². The number of hydrogen-bond acceptors (Lipinski definition) is 4. The number of aromatic carboxylic acids is 1. The molecule has 1 unspecified atom stereocenters. The van der Waals surface area contributed by atoms with Crippen molar-refractivity contribution < 1.29 is 19.4 Å². The number of ether oxygens (including phenoxy) is 1. The molecule has 0 saturated heterocycles. The number of halogens is 1. The lowest BCUT2D eigenvalue weighted by atomic mass is 10.0. The molecular formula is C18H25BrO4S. The van der Waals surface area contributed by atoms with Gasteiger partial charge in [-0.25, -0.2) is 4.79 Å². The van der Waals surface area contributed by atoms with Crippen molar-refractivity contribution in [1.82, 2.24) is 0 Å². The van der Waals surface area contributed by atoms with Crippen LogP contribution in [0.4, 0.5) is 0 Å². The molecule has 0 spiro atoms. The van der Waals surface area contributed by atoms with Crippen molar-refractivity contribution in [2.45, 2.75) is 50.8 Å². The second kappa shape index (κ2) is 11.5. The molecule has 24 heavy (non-hydrogen) atoms. The Morgan fingerprint density at radius 3 is 2.67 bits per heavy atom. The first-order valence-electron chi connectivity index (χ1n) is 8.28. The smallest absolute Gasteiger partial charge is 0.335 e. The number of benzene rings is 1. The van der Waals surface area contributed by atoms with E-state index in [1.807, 2.05) is 6.07 Å². The molecule has 0 heterocycles. The topological polar surface area (TPSA) is 63.6 Å². The third-order valence-electron chi connectivity index (χ3n) is 3.72. The van der Waals surface area contributed by atoms with Crippen molar-refractivity contribution in [1.29, 1.82) is 0 Å². The van der Waals surface area contributed by atoms with E-state index in [2.05, 4.69) is 29.8 Å². The number of carboxylic acids is 1. The molecule has 1 N–H and O–H groups in total. The van der Waals surface area contributed by atoms with E-state index in [9.17, 15) is 9.59 Å². The lowest BCUT2D eigenvalue weighted by Gasteiger charge is -2.14. The molecule has 0 aliphatic rings. The Bertz CT molecular complexity index is 548. The summed E-state index contributed by atoms with van der Waals surface area (Å²) in [6.45, 7) is 4.78. The van der Waals surface area contributed by atoms with Crippen LogP contribution in [-0.4, -0.2) is 29.4 Å². The van der Waals surface area contributed by atoms with Gasteiger partial charge >= 0.3 is 11.9 Å². The van der Waals surface area contributed by atoms with Gasteiger partial charge in [-0.1, -0.05) is 49.0 Å². The highest BCUT2D eigenvalue weighted by Crippen LogP contribution is 2.25. The number of unbranched alkanes of at least 4 members (excludes halogenated alkanes) is 1. The number of carbonyl (C=O) groups excluding carboxylic acids is 1. The standard InChI is InChI=1S/C18H25BrO4S/c1-3-5-6-13(4-2)12-23-17(20)7-8-24-16-10-14(18(21)22)9-15(19)11-16/h9-11,13H,3-8,12H2,1-2H3,(H,21,22). The predicted octanol–water partition coefficient (Wildman–Crippen LogP) is 5.39. The highest BCUT2D eigenvalue weighted by molar-refractivity contribution is 9.10. The minimum atomic E-state index is -0.963. The number of carboxylic acid groups (broad SMARTS) is 1. The first-order chi connectivity index (χ1) is 11.5. The van der Waals surface area contributed by atoms with E-state index in [-0.39, 0.29) is 11.5 Å². The number of thioether (sulfide) groups is 1. The quantitative estimate of drug-likeness (QED) is 0.386. The highest BCUT2D eigenvalue weighted by Gasteiger charge is 2.11. The maximum absolute atomic E-state index is 11.8. The van der Waals surface area contributed by atoms with Gasteiger partial charge in [0.1, 0.15) is 0 Å². The second-order valence-electron chi connectivity index (χ2n) is 5.68. The van der Waals surface area contributed by atoms with Gasteiger partial charge in [-0.2, -0.15) is 0 Å². The Balaban J connectivity index is 2.36. The van der Waals surface area contributed by atoms with Crippen LogP contribution < -0.4 is 0 Å². The van der Waals surface area contributed by atoms with Gasteiger partial charge in [-0.15, -0.1) is 11.8 Å². The summed E-state index contributed by atoms with van der Waals surface area (Å²) in [5.41, 5.74) is 0.233. The van der Waals surface area contributed by atoms with Crippen LogP contribution in [-0.2, 0) is 9.53 Å². The molecule has 0 amide bonds. The van der Waals surface area contributed by atoms with Crippen LogP contribution in [0.15, 0.2) is 27.6 Å². The van der Waals surface area contributed by atoms with Crippen molar-refractivity contribution in [2.24, 2.45) is 5.92 Å². The molecule has 4 nitrogen and oxygen atoms in total. The Labute approximate surface area is 156 Å². The molecule has 6 heteroatoms. The van der Waals surface area contributed by atoms with E-state index in [4.69, 9.17) is 9.84 Å². The Morgan fingerprint density at radius 2 is 2.04 bits per heavy atom. The summed E-state index contributed by atoms with van der Waals surface area (Å²) in [5, 5.41) is 9.05. The van der Waals surface area contributed by atoms with Gasteiger partial charge < -0.3 is 9.84 Å². The maximum atomic E-state index is 11.8. The molecule has 134 valence electrons. The summed E-state index contributed by atoms with van der Waals surface area (Å²) in [4.78, 5) is 23.7. The Kier molecular flexibility index (Phi) is 10.1. The van der Waals surface area contributed by atoms with E-state index in [1.54, 1.807) is 12.1 Å². The second-order valence-corrected chi connectivity index (χ2v) is 7.76. The summed E-state index contributed by atoms with van der Waals surface area (Å²) in [6, 6.07) is 5.02. The van der Waals surface area contributed by atoms with Crippen LogP contribution in [0.1, 0.15) is 56.3 Å². The summed E-state index contributed by atoms with van der Waals surface area (Å²) in [6.07, 6.45) is 4.78. The van der Waals surface area contributed by atoms with Crippen molar-refractivity contribution in [3.05, 3.63) is 28.2 Å². The van der Waals surface area contributed by atoms with Gasteiger partial charge in [0.25, 0.3) is 0 Å². The third kappa shape index (κ3) is 8.20. The van der Waals surface area contributed by atoms with Crippen molar-refractivity contribution in [3.63, 3.8) is 0 Å². The molecular weight excluding hydrogens is 392 g/mol. The van der Waals surface area contributed by atoms with Crippen LogP contribution in [0.3, 0.4) is 0 Å². The lowest BCUT2D eigenvalue weighted by molar-refractivity contribution is -0.144. The number of carbonyl (C=O) groups is 2. The summed E-state index contributed by atoms with van der Waals surface area (Å²) in [7, 11) is 0. The van der Waals surface area contributed by atoms with Crippen LogP contribution in [0.2, 0.25) is 0 Å². The van der Waals surface area contributed by atoms with Crippen LogP contribution in [0, 0.1) is 5.92 Å². The number of hydrogen-bond donors (Lipinski definition) is 1. The molecule has 0 saturated carbocycles. The van der Waals surface area contributed by atoms with E-state index in [1.165, 1.54) is 18.2 Å². The monoisotopic (exact) mass is 416 g/mol. The minimum Gasteiger partial charge on any atom is -0.478 e. The molecule has 0 bridgehead atoms. The molecule has 1 atom stereocenters. The van der Waals surface area contributed by atoms with E-state index in [0.717, 1.165) is 24.2 Å². The highest BCUT2D eigenvalue weighted by atomic mass is 79.9. The van der Waals surface area contributed by atoms with E-state index in [0.29, 0.717) is 29.2 Å². The number of esters is 1. The average molecular weight is 417 g/mol. The zero-order chi connectivity index (χ0) is 17.9. The first-order valence-corrected chi connectivity index (χ1v) is 10.1. The Morgan fingerprint density at radius 1 is 1.29 bits per heavy atom.